The number of halogens is 2. The van der Waals surface area contributed by atoms with Crippen LogP contribution in [0.4, 0.5) is 5.69 Å². The van der Waals surface area contributed by atoms with Gasteiger partial charge >= 0.3 is 0 Å². The number of anilines is 1. The van der Waals surface area contributed by atoms with Gasteiger partial charge < -0.3 is 5.32 Å². The first-order valence-electron chi connectivity index (χ1n) is 4.31. The van der Waals surface area contributed by atoms with Crippen molar-refractivity contribution >= 4 is 44.6 Å². The molecule has 0 fully saturated rings. The predicted molar refractivity (Wildman–Crippen MR) is 68.6 cm³/mol. The molecule has 0 unspecified atom stereocenters. The van der Waals surface area contributed by atoms with Crippen LogP contribution in [0.15, 0.2) is 33.6 Å². The van der Waals surface area contributed by atoms with Gasteiger partial charge in [-0.05, 0) is 18.2 Å². The standard InChI is InChI=1S/C10H8BrClN2S/c11-7-1-2-10(9(12)3-7)13-4-8-5-15-6-14-8/h1-3,5-6,13H,4H2. The second-order valence-electron chi connectivity index (χ2n) is 2.96. The van der Waals surface area contributed by atoms with E-state index < -0.39 is 0 Å². The van der Waals surface area contributed by atoms with Crippen molar-refractivity contribution in [2.75, 3.05) is 5.32 Å². The maximum atomic E-state index is 6.06. The molecule has 2 nitrogen and oxygen atoms in total. The summed E-state index contributed by atoms with van der Waals surface area (Å²) >= 11 is 11.0. The summed E-state index contributed by atoms with van der Waals surface area (Å²) in [5.41, 5.74) is 3.77. The number of aromatic nitrogens is 1. The number of nitrogens with zero attached hydrogens (tertiary/aromatic N) is 1. The molecule has 0 aliphatic carbocycles. The highest BCUT2D eigenvalue weighted by molar-refractivity contribution is 9.10. The van der Waals surface area contributed by atoms with Gasteiger partial charge in [0.15, 0.2) is 0 Å². The summed E-state index contributed by atoms with van der Waals surface area (Å²) in [7, 11) is 0. The molecule has 0 bridgehead atoms. The van der Waals surface area contributed by atoms with E-state index in [9.17, 15) is 0 Å². The molecule has 1 aromatic carbocycles. The van der Waals surface area contributed by atoms with Crippen LogP contribution in [0.5, 0.6) is 0 Å². The summed E-state index contributed by atoms with van der Waals surface area (Å²) in [6, 6.07) is 5.76. The smallest absolute Gasteiger partial charge is 0.0795 e. The van der Waals surface area contributed by atoms with Gasteiger partial charge in [-0.1, -0.05) is 27.5 Å². The Bertz CT molecular complexity index is 445. The van der Waals surface area contributed by atoms with Crippen LogP contribution in [0.2, 0.25) is 5.02 Å². The Morgan fingerprint density at radius 2 is 2.33 bits per heavy atom. The molecule has 15 heavy (non-hydrogen) atoms. The number of nitrogens with one attached hydrogen (secondary N) is 1. The fourth-order valence-corrected chi connectivity index (χ4v) is 2.44. The van der Waals surface area contributed by atoms with Crippen LogP contribution in [0, 0.1) is 0 Å². The lowest BCUT2D eigenvalue weighted by Gasteiger charge is -2.06. The van der Waals surface area contributed by atoms with E-state index >= 15 is 0 Å². The van der Waals surface area contributed by atoms with Crippen LogP contribution >= 0.6 is 38.9 Å². The lowest BCUT2D eigenvalue weighted by molar-refractivity contribution is 1.07. The highest BCUT2D eigenvalue weighted by atomic mass is 79.9. The Hall–Kier alpha value is -0.580. The van der Waals surface area contributed by atoms with Crippen molar-refractivity contribution in [1.82, 2.24) is 4.98 Å². The van der Waals surface area contributed by atoms with Crippen molar-refractivity contribution in [1.29, 1.82) is 0 Å². The molecule has 2 aromatic rings. The Labute approximate surface area is 105 Å². The largest absolute Gasteiger partial charge is 0.378 e. The molecule has 0 aliphatic heterocycles. The molecule has 0 amide bonds. The van der Waals surface area contributed by atoms with Gasteiger partial charge in [-0.3, -0.25) is 0 Å². The van der Waals surface area contributed by atoms with E-state index in [0.717, 1.165) is 15.9 Å². The van der Waals surface area contributed by atoms with E-state index in [1.165, 1.54) is 0 Å². The van der Waals surface area contributed by atoms with E-state index in [4.69, 9.17) is 11.6 Å². The Morgan fingerprint density at radius 3 is 3.00 bits per heavy atom. The Morgan fingerprint density at radius 1 is 1.47 bits per heavy atom. The number of hydrogen-bond donors (Lipinski definition) is 1. The fraction of sp³-hybridized carbons (Fsp3) is 0.100. The Kier molecular flexibility index (Phi) is 3.61. The summed E-state index contributed by atoms with van der Waals surface area (Å²) in [6.07, 6.45) is 0. The number of benzene rings is 1. The number of hydrogen-bond acceptors (Lipinski definition) is 3. The molecular weight excluding hydrogens is 296 g/mol. The van der Waals surface area contributed by atoms with Crippen LogP contribution in [0.1, 0.15) is 5.69 Å². The molecular formula is C10H8BrClN2S. The van der Waals surface area contributed by atoms with Gasteiger partial charge in [0.05, 0.1) is 28.5 Å². The van der Waals surface area contributed by atoms with Crippen LogP contribution in [0.3, 0.4) is 0 Å². The van der Waals surface area contributed by atoms with E-state index in [1.807, 2.05) is 29.1 Å². The van der Waals surface area contributed by atoms with Crippen LogP contribution in [0.25, 0.3) is 0 Å². The summed E-state index contributed by atoms with van der Waals surface area (Å²) < 4.78 is 0.978. The SMILES string of the molecule is Clc1cc(Br)ccc1NCc1cscn1. The molecule has 5 heteroatoms. The average Bonchev–Trinajstić information content (AvgIpc) is 2.69. The van der Waals surface area contributed by atoms with Gasteiger partial charge in [0.2, 0.25) is 0 Å². The van der Waals surface area contributed by atoms with Crippen molar-refractivity contribution in [3.05, 3.63) is 44.3 Å². The molecule has 0 saturated heterocycles. The minimum atomic E-state index is 0.699. The normalized spacial score (nSPS) is 10.3. The number of rotatable bonds is 3. The minimum Gasteiger partial charge on any atom is -0.378 e. The zero-order chi connectivity index (χ0) is 10.7. The summed E-state index contributed by atoms with van der Waals surface area (Å²) in [4.78, 5) is 4.18. The molecule has 0 spiro atoms. The third-order valence-corrected chi connectivity index (χ3v) is 3.32. The third kappa shape index (κ3) is 2.93. The zero-order valence-corrected chi connectivity index (χ0v) is 10.9. The fourth-order valence-electron chi connectivity index (χ4n) is 1.14. The van der Waals surface area contributed by atoms with Crippen LogP contribution in [-0.4, -0.2) is 4.98 Å². The quantitative estimate of drug-likeness (QED) is 0.920. The van der Waals surface area contributed by atoms with E-state index in [1.54, 1.807) is 11.3 Å². The van der Waals surface area contributed by atoms with Crippen molar-refractivity contribution in [2.45, 2.75) is 6.54 Å². The van der Waals surface area contributed by atoms with Gasteiger partial charge in [-0.25, -0.2) is 4.98 Å². The Balaban J connectivity index is 2.05. The van der Waals surface area contributed by atoms with Gasteiger partial charge in [-0.15, -0.1) is 11.3 Å². The van der Waals surface area contributed by atoms with Gasteiger partial charge in [0.1, 0.15) is 0 Å². The highest BCUT2D eigenvalue weighted by Crippen LogP contribution is 2.25. The predicted octanol–water partition coefficient (Wildman–Crippen LogP) is 4.17. The first-order valence-corrected chi connectivity index (χ1v) is 6.43. The lowest BCUT2D eigenvalue weighted by atomic mass is 10.3. The monoisotopic (exact) mass is 302 g/mol. The van der Waals surface area contributed by atoms with E-state index in [-0.39, 0.29) is 0 Å². The molecule has 0 atom stereocenters. The summed E-state index contributed by atoms with van der Waals surface area (Å²) in [5, 5.41) is 5.96. The lowest BCUT2D eigenvalue weighted by Crippen LogP contribution is -1.99. The van der Waals surface area contributed by atoms with Crippen molar-refractivity contribution in [3.8, 4) is 0 Å². The second kappa shape index (κ2) is 4.96. The molecule has 1 aromatic heterocycles. The molecule has 1 N–H and O–H groups in total. The van der Waals surface area contributed by atoms with E-state index in [2.05, 4.69) is 26.2 Å². The molecule has 0 saturated carbocycles. The second-order valence-corrected chi connectivity index (χ2v) is 5.00. The molecule has 0 radical (unpaired) electrons. The van der Waals surface area contributed by atoms with Crippen molar-refractivity contribution < 1.29 is 0 Å². The van der Waals surface area contributed by atoms with Gasteiger partial charge in [0, 0.05) is 9.85 Å². The first kappa shape index (κ1) is 10.9. The van der Waals surface area contributed by atoms with Crippen LogP contribution in [-0.2, 0) is 6.54 Å². The van der Waals surface area contributed by atoms with Crippen LogP contribution < -0.4 is 5.32 Å². The van der Waals surface area contributed by atoms with Gasteiger partial charge in [0.25, 0.3) is 0 Å². The van der Waals surface area contributed by atoms with E-state index in [0.29, 0.717) is 11.6 Å². The average molecular weight is 304 g/mol. The summed E-state index contributed by atoms with van der Waals surface area (Å²) in [6.45, 7) is 0.699. The number of thiazole rings is 1. The molecule has 0 aliphatic rings. The topological polar surface area (TPSA) is 24.9 Å². The molecule has 2 rings (SSSR count). The maximum absolute atomic E-state index is 6.06. The first-order chi connectivity index (χ1) is 7.25. The molecule has 78 valence electrons. The van der Waals surface area contributed by atoms with Crippen molar-refractivity contribution in [3.63, 3.8) is 0 Å². The van der Waals surface area contributed by atoms with Gasteiger partial charge in [-0.2, -0.15) is 0 Å². The third-order valence-electron chi connectivity index (χ3n) is 1.87. The van der Waals surface area contributed by atoms with Crippen molar-refractivity contribution in [2.24, 2.45) is 0 Å². The summed E-state index contributed by atoms with van der Waals surface area (Å²) in [5.74, 6) is 0. The highest BCUT2D eigenvalue weighted by Gasteiger charge is 2.01. The zero-order valence-electron chi connectivity index (χ0n) is 7.71. The molecule has 1 heterocycles. The minimum absolute atomic E-state index is 0.699. The maximum Gasteiger partial charge on any atom is 0.0795 e.